The minimum Gasteiger partial charge on any atom is -0.408 e. The Morgan fingerprint density at radius 1 is 1.08 bits per heavy atom. The SMILES string of the molecule is Cc1cccc2nc(CC[C@@H](C)[C@H]3CC[C@H]4[C@H]5C(C[C@H](O)[C@]34C)[C@@]3(C)CC[C@@H](O)C[C@H]3C[C@H]5O)oc(=O)c12. The number of nitrogens with zero attached hydrogens (tertiary/aromatic N) is 1. The molecule has 6 heteroatoms. The van der Waals surface area contributed by atoms with Crippen molar-refractivity contribution in [2.24, 2.45) is 46.3 Å². The van der Waals surface area contributed by atoms with Gasteiger partial charge in [0.1, 0.15) is 0 Å². The Bertz CT molecular complexity index is 1260. The zero-order chi connectivity index (χ0) is 27.0. The van der Waals surface area contributed by atoms with E-state index in [1.54, 1.807) is 0 Å². The van der Waals surface area contributed by atoms with E-state index in [1.807, 2.05) is 25.1 Å². The molecule has 4 aliphatic rings. The number of fused-ring (bicyclic) bond motifs is 6. The van der Waals surface area contributed by atoms with Crippen LogP contribution in [0.25, 0.3) is 10.9 Å². The molecule has 0 radical (unpaired) electrons. The third kappa shape index (κ3) is 3.92. The predicted molar refractivity (Wildman–Crippen MR) is 147 cm³/mol. The van der Waals surface area contributed by atoms with Gasteiger partial charge in [0.05, 0.1) is 29.2 Å². The molecule has 0 spiro atoms. The first-order chi connectivity index (χ1) is 18.0. The van der Waals surface area contributed by atoms with E-state index in [-0.39, 0.29) is 34.6 Å². The largest absolute Gasteiger partial charge is 0.408 e. The summed E-state index contributed by atoms with van der Waals surface area (Å²) in [6.07, 6.45) is 6.71. The van der Waals surface area contributed by atoms with E-state index in [4.69, 9.17) is 4.42 Å². The van der Waals surface area contributed by atoms with Gasteiger partial charge in [-0.25, -0.2) is 9.78 Å². The molecule has 0 saturated heterocycles. The molecule has 6 nitrogen and oxygen atoms in total. The molecule has 2 aromatic rings. The second-order valence-electron chi connectivity index (χ2n) is 13.9. The van der Waals surface area contributed by atoms with E-state index in [1.165, 1.54) is 0 Å². The van der Waals surface area contributed by atoms with Crippen LogP contribution in [0.2, 0.25) is 0 Å². The van der Waals surface area contributed by atoms with Gasteiger partial charge in [-0.3, -0.25) is 0 Å². The van der Waals surface area contributed by atoms with Gasteiger partial charge >= 0.3 is 5.63 Å². The van der Waals surface area contributed by atoms with Crippen LogP contribution in [0.4, 0.5) is 0 Å². The lowest BCUT2D eigenvalue weighted by Crippen LogP contribution is -2.62. The Labute approximate surface area is 225 Å². The molecule has 6 rings (SSSR count). The van der Waals surface area contributed by atoms with Crippen molar-refractivity contribution in [2.45, 2.75) is 104 Å². The molecule has 4 saturated carbocycles. The molecule has 208 valence electrons. The molecule has 3 N–H and O–H groups in total. The van der Waals surface area contributed by atoms with Crippen LogP contribution in [0.3, 0.4) is 0 Å². The maximum atomic E-state index is 12.6. The number of aliphatic hydroxyl groups is 3. The maximum Gasteiger partial charge on any atom is 0.347 e. The molecular formula is C32H45NO5. The molecule has 1 unspecified atom stereocenters. The second kappa shape index (κ2) is 9.42. The van der Waals surface area contributed by atoms with Crippen LogP contribution in [-0.4, -0.2) is 38.6 Å². The Hall–Kier alpha value is -1.76. The van der Waals surface area contributed by atoms with Crippen molar-refractivity contribution >= 4 is 10.9 Å². The number of hydrogen-bond acceptors (Lipinski definition) is 6. The molecule has 1 heterocycles. The van der Waals surface area contributed by atoms with Gasteiger partial charge in [0.15, 0.2) is 5.89 Å². The van der Waals surface area contributed by atoms with Gasteiger partial charge in [-0.05, 0) is 116 Å². The number of benzene rings is 1. The fourth-order valence-corrected chi connectivity index (χ4v) is 10.1. The fourth-order valence-electron chi connectivity index (χ4n) is 10.1. The van der Waals surface area contributed by atoms with Gasteiger partial charge in [0.2, 0.25) is 0 Å². The molecule has 11 atom stereocenters. The van der Waals surface area contributed by atoms with Gasteiger partial charge in [-0.15, -0.1) is 0 Å². The van der Waals surface area contributed by atoms with Crippen LogP contribution < -0.4 is 5.63 Å². The summed E-state index contributed by atoms with van der Waals surface area (Å²) in [5.41, 5.74) is 1.12. The Balaban J connectivity index is 1.21. The normalized spacial score (nSPS) is 43.3. The highest BCUT2D eigenvalue weighted by Crippen LogP contribution is 2.68. The third-order valence-corrected chi connectivity index (χ3v) is 12.2. The van der Waals surface area contributed by atoms with Crippen molar-refractivity contribution in [3.63, 3.8) is 0 Å². The van der Waals surface area contributed by atoms with Crippen LogP contribution >= 0.6 is 0 Å². The zero-order valence-electron chi connectivity index (χ0n) is 23.4. The van der Waals surface area contributed by atoms with Crippen molar-refractivity contribution in [3.8, 4) is 0 Å². The van der Waals surface area contributed by atoms with Crippen molar-refractivity contribution in [3.05, 3.63) is 40.1 Å². The molecule has 4 fully saturated rings. The summed E-state index contributed by atoms with van der Waals surface area (Å²) >= 11 is 0. The summed E-state index contributed by atoms with van der Waals surface area (Å²) in [5.74, 6) is 2.36. The monoisotopic (exact) mass is 523 g/mol. The van der Waals surface area contributed by atoms with Crippen LogP contribution in [-0.2, 0) is 6.42 Å². The topological polar surface area (TPSA) is 104 Å². The van der Waals surface area contributed by atoms with E-state index in [9.17, 15) is 20.1 Å². The minimum absolute atomic E-state index is 0.0901. The summed E-state index contributed by atoms with van der Waals surface area (Å²) in [6, 6.07) is 5.70. The molecule has 0 bridgehead atoms. The smallest absolute Gasteiger partial charge is 0.347 e. The van der Waals surface area contributed by atoms with Crippen molar-refractivity contribution in [1.29, 1.82) is 0 Å². The predicted octanol–water partition coefficient (Wildman–Crippen LogP) is 5.03. The molecular weight excluding hydrogens is 478 g/mol. The summed E-state index contributed by atoms with van der Waals surface area (Å²) in [6.45, 7) is 8.85. The van der Waals surface area contributed by atoms with E-state index in [0.717, 1.165) is 56.9 Å². The first-order valence-corrected chi connectivity index (χ1v) is 15.0. The van der Waals surface area contributed by atoms with E-state index < -0.39 is 6.10 Å². The fraction of sp³-hybridized carbons (Fsp3) is 0.750. The van der Waals surface area contributed by atoms with Crippen molar-refractivity contribution in [1.82, 2.24) is 4.98 Å². The van der Waals surface area contributed by atoms with Crippen LogP contribution in [0.15, 0.2) is 27.4 Å². The Kier molecular flexibility index (Phi) is 6.56. The van der Waals surface area contributed by atoms with Crippen molar-refractivity contribution in [2.75, 3.05) is 0 Å². The lowest BCUT2D eigenvalue weighted by molar-refractivity contribution is -0.207. The number of aliphatic hydroxyl groups excluding tert-OH is 3. The van der Waals surface area contributed by atoms with Crippen LogP contribution in [0.5, 0.6) is 0 Å². The molecule has 1 aromatic heterocycles. The van der Waals surface area contributed by atoms with E-state index >= 15 is 0 Å². The minimum atomic E-state index is -0.391. The summed E-state index contributed by atoms with van der Waals surface area (Å²) < 4.78 is 5.62. The first kappa shape index (κ1) is 26.5. The third-order valence-electron chi connectivity index (χ3n) is 12.2. The quantitative estimate of drug-likeness (QED) is 0.520. The summed E-state index contributed by atoms with van der Waals surface area (Å²) in [7, 11) is 0. The van der Waals surface area contributed by atoms with E-state index in [0.29, 0.717) is 52.8 Å². The average molecular weight is 524 g/mol. The highest BCUT2D eigenvalue weighted by molar-refractivity contribution is 5.80. The lowest BCUT2D eigenvalue weighted by atomic mass is 9.43. The molecule has 38 heavy (non-hydrogen) atoms. The second-order valence-corrected chi connectivity index (χ2v) is 13.9. The van der Waals surface area contributed by atoms with Crippen LogP contribution in [0, 0.1) is 53.3 Å². The highest BCUT2D eigenvalue weighted by Gasteiger charge is 2.65. The number of rotatable bonds is 4. The first-order valence-electron chi connectivity index (χ1n) is 15.0. The zero-order valence-corrected chi connectivity index (χ0v) is 23.4. The maximum absolute atomic E-state index is 12.6. The van der Waals surface area contributed by atoms with Gasteiger partial charge < -0.3 is 19.7 Å². The molecule has 0 amide bonds. The average Bonchev–Trinajstić information content (AvgIpc) is 3.22. The molecule has 1 aromatic carbocycles. The number of aromatic nitrogens is 1. The lowest BCUT2D eigenvalue weighted by Gasteiger charge is -2.63. The van der Waals surface area contributed by atoms with Crippen molar-refractivity contribution < 1.29 is 19.7 Å². The van der Waals surface area contributed by atoms with Gasteiger partial charge in [0.25, 0.3) is 0 Å². The van der Waals surface area contributed by atoms with E-state index in [2.05, 4.69) is 25.8 Å². The number of hydrogen-bond donors (Lipinski definition) is 3. The Morgan fingerprint density at radius 3 is 2.66 bits per heavy atom. The van der Waals surface area contributed by atoms with Gasteiger partial charge in [-0.2, -0.15) is 0 Å². The summed E-state index contributed by atoms with van der Waals surface area (Å²) in [5, 5.41) is 34.2. The number of aryl methyl sites for hydroxylation is 2. The summed E-state index contributed by atoms with van der Waals surface area (Å²) in [4.78, 5) is 17.3. The Morgan fingerprint density at radius 2 is 1.87 bits per heavy atom. The van der Waals surface area contributed by atoms with Gasteiger partial charge in [0, 0.05) is 6.42 Å². The molecule has 4 aliphatic carbocycles. The van der Waals surface area contributed by atoms with Crippen LogP contribution in [0.1, 0.15) is 83.6 Å². The highest BCUT2D eigenvalue weighted by atomic mass is 16.4. The molecule has 0 aliphatic heterocycles. The van der Waals surface area contributed by atoms with Gasteiger partial charge in [-0.1, -0.05) is 32.9 Å². The standard InChI is InChI=1S/C32H45NO5/c1-17(8-11-27-33-24-7-5-6-18(2)28(24)30(37)38-27)21-9-10-22-29-23(16-26(36)32(21,22)4)31(3)13-12-20(34)14-19(31)15-25(29)35/h5-7,17,19-23,25-26,29,34-36H,8-16H2,1-4H3/t17-,19+,20-,21-,22+,23?,25-,26+,29+,31+,32-/m1/s1.